The second-order valence-corrected chi connectivity index (χ2v) is 9.81. The number of piperazine rings is 1. The minimum Gasteiger partial charge on any atom is -0.401 e. The van der Waals surface area contributed by atoms with Gasteiger partial charge in [-0.1, -0.05) is 23.2 Å². The van der Waals surface area contributed by atoms with Crippen molar-refractivity contribution in [2.24, 2.45) is 10.7 Å². The molecule has 0 saturated carbocycles. The Balaban J connectivity index is 1.97. The smallest absolute Gasteiger partial charge is 0.264 e. The van der Waals surface area contributed by atoms with E-state index in [4.69, 9.17) is 28.9 Å². The third-order valence-electron chi connectivity index (χ3n) is 5.11. The zero-order chi connectivity index (χ0) is 23.5. The molecule has 0 amide bonds. The van der Waals surface area contributed by atoms with Crippen LogP contribution in [-0.4, -0.2) is 52.3 Å². The number of halogens is 2. The highest BCUT2D eigenvalue weighted by Gasteiger charge is 2.25. The van der Waals surface area contributed by atoms with E-state index >= 15 is 0 Å². The van der Waals surface area contributed by atoms with Crippen LogP contribution in [0.2, 0.25) is 10.0 Å². The zero-order valence-electron chi connectivity index (χ0n) is 18.1. The number of nitrogens with two attached hydrogens (primary N) is 1. The number of hydrogen-bond acceptors (Lipinski definition) is 7. The highest BCUT2D eigenvalue weighted by molar-refractivity contribution is 7.90. The summed E-state index contributed by atoms with van der Waals surface area (Å²) in [6.07, 6.45) is 1.72. The number of nitrogens with one attached hydrogen (secondary N) is 2. The fraction of sp³-hybridized carbons (Fsp3) is 0.333. The van der Waals surface area contributed by atoms with Crippen LogP contribution in [0.15, 0.2) is 51.7 Å². The summed E-state index contributed by atoms with van der Waals surface area (Å²) in [5.41, 5.74) is 8.28. The van der Waals surface area contributed by atoms with Crippen molar-refractivity contribution < 1.29 is 8.42 Å². The molecule has 2 aromatic rings. The summed E-state index contributed by atoms with van der Waals surface area (Å²) in [4.78, 5) is 10.4. The maximum absolute atomic E-state index is 13.1. The molecule has 1 aliphatic heterocycles. The van der Waals surface area contributed by atoms with Crippen molar-refractivity contribution in [1.29, 1.82) is 0 Å². The first-order valence-corrected chi connectivity index (χ1v) is 12.2. The summed E-state index contributed by atoms with van der Waals surface area (Å²) >= 11 is 12.8. The number of rotatable bonds is 6. The molecule has 0 atom stereocenters. The van der Waals surface area contributed by atoms with E-state index in [0.717, 1.165) is 37.6 Å². The van der Waals surface area contributed by atoms with Gasteiger partial charge < -0.3 is 16.0 Å². The molecule has 4 N–H and O–H groups in total. The Hall–Kier alpha value is -2.33. The Morgan fingerprint density at radius 1 is 1.16 bits per heavy atom. The van der Waals surface area contributed by atoms with Gasteiger partial charge in [-0.15, -0.1) is 0 Å². The second kappa shape index (κ2) is 10.1. The number of aromatic nitrogens is 1. The summed E-state index contributed by atoms with van der Waals surface area (Å²) in [6, 6.07) is 6.94. The van der Waals surface area contributed by atoms with E-state index in [9.17, 15) is 8.42 Å². The average Bonchev–Trinajstić information content (AvgIpc) is 2.77. The Morgan fingerprint density at radius 2 is 1.78 bits per heavy atom. The van der Waals surface area contributed by atoms with E-state index in [-0.39, 0.29) is 26.3 Å². The van der Waals surface area contributed by atoms with E-state index in [1.54, 1.807) is 39.2 Å². The summed E-state index contributed by atoms with van der Waals surface area (Å²) in [7, 11) is -2.56. The predicted molar refractivity (Wildman–Crippen MR) is 131 cm³/mol. The Bertz CT molecular complexity index is 1150. The molecule has 172 valence electrons. The van der Waals surface area contributed by atoms with Crippen LogP contribution in [0.25, 0.3) is 11.1 Å². The van der Waals surface area contributed by atoms with E-state index in [2.05, 4.69) is 24.9 Å². The highest BCUT2D eigenvalue weighted by Crippen LogP contribution is 2.35. The number of nitrogens with zero attached hydrogens (tertiary/aromatic N) is 3. The number of sulfonamides is 1. The molecule has 0 unspecified atom stereocenters. The molecule has 11 heteroatoms. The van der Waals surface area contributed by atoms with E-state index in [1.807, 2.05) is 12.1 Å². The van der Waals surface area contributed by atoms with Crippen LogP contribution in [0.1, 0.15) is 13.8 Å². The van der Waals surface area contributed by atoms with E-state index in [1.165, 1.54) is 0 Å². The molecule has 32 heavy (non-hydrogen) atoms. The first-order chi connectivity index (χ1) is 15.1. The lowest BCUT2D eigenvalue weighted by Gasteiger charge is -2.28. The summed E-state index contributed by atoms with van der Waals surface area (Å²) in [6.45, 7) is 6.74. The van der Waals surface area contributed by atoms with Crippen LogP contribution in [0.3, 0.4) is 0 Å². The molecule has 1 aromatic carbocycles. The van der Waals surface area contributed by atoms with Crippen LogP contribution >= 0.6 is 23.2 Å². The van der Waals surface area contributed by atoms with Crippen molar-refractivity contribution in [3.05, 3.63) is 51.9 Å². The van der Waals surface area contributed by atoms with Gasteiger partial charge in [0, 0.05) is 45.1 Å². The molecule has 0 bridgehead atoms. The van der Waals surface area contributed by atoms with Crippen LogP contribution in [0, 0.1) is 0 Å². The maximum Gasteiger partial charge on any atom is 0.264 e. The van der Waals surface area contributed by atoms with Crippen LogP contribution in [0.4, 0.5) is 5.82 Å². The molecule has 1 fully saturated rings. The molecule has 8 nitrogen and oxygen atoms in total. The normalized spacial score (nSPS) is 16.0. The van der Waals surface area contributed by atoms with Gasteiger partial charge in [-0.05, 0) is 49.2 Å². The van der Waals surface area contributed by atoms with Gasteiger partial charge in [0.25, 0.3) is 10.0 Å². The Morgan fingerprint density at radius 3 is 2.34 bits per heavy atom. The van der Waals surface area contributed by atoms with E-state index in [0.29, 0.717) is 11.3 Å². The first-order valence-electron chi connectivity index (χ1n) is 9.98. The van der Waals surface area contributed by atoms with Crippen molar-refractivity contribution in [1.82, 2.24) is 15.0 Å². The summed E-state index contributed by atoms with van der Waals surface area (Å²) < 4.78 is 28.6. The van der Waals surface area contributed by atoms with Gasteiger partial charge in [0.1, 0.15) is 10.7 Å². The molecule has 3 rings (SSSR count). The van der Waals surface area contributed by atoms with Gasteiger partial charge in [-0.3, -0.25) is 9.71 Å². The van der Waals surface area contributed by atoms with Crippen molar-refractivity contribution in [3.8, 4) is 11.1 Å². The number of allylic oxidation sites excluding steroid dienone is 2. The average molecular weight is 497 g/mol. The van der Waals surface area contributed by atoms with Gasteiger partial charge in [-0.25, -0.2) is 13.4 Å². The van der Waals surface area contributed by atoms with Crippen molar-refractivity contribution >= 4 is 44.8 Å². The molecule has 2 heterocycles. The van der Waals surface area contributed by atoms with E-state index < -0.39 is 10.0 Å². The number of benzene rings is 1. The molecular formula is C21H26Cl2N6O2S. The van der Waals surface area contributed by atoms with Crippen molar-refractivity contribution in [3.63, 3.8) is 0 Å². The van der Waals surface area contributed by atoms with Gasteiger partial charge in [-0.2, -0.15) is 0 Å². The highest BCUT2D eigenvalue weighted by atomic mass is 35.5. The number of pyridine rings is 1. The lowest BCUT2D eigenvalue weighted by atomic mass is 10.1. The minimum absolute atomic E-state index is 0.000601. The van der Waals surface area contributed by atoms with Gasteiger partial charge in [0.2, 0.25) is 0 Å². The summed E-state index contributed by atoms with van der Waals surface area (Å²) in [5, 5.41) is 3.31. The number of hydrogen-bond donors (Lipinski definition) is 3. The third kappa shape index (κ3) is 5.35. The first kappa shape index (κ1) is 24.3. The maximum atomic E-state index is 13.1. The van der Waals surface area contributed by atoms with Crippen molar-refractivity contribution in [2.75, 3.05) is 38.1 Å². The standard InChI is InChI=1S/C21H26Cl2N6O2S/c1-13(24)20(14(2)25-3)28-32(30,31)21-17(22)10-16(11-18(21)23)15-4-5-27-19(12-15)29-8-6-26-7-9-29/h4-5,10-12,26,28H,6-9,24H2,1-3H3/b20-13+,25-14?. The van der Waals surface area contributed by atoms with Gasteiger partial charge in [0.05, 0.1) is 21.5 Å². The van der Waals surface area contributed by atoms with Gasteiger partial charge in [0.15, 0.2) is 0 Å². The van der Waals surface area contributed by atoms with Crippen LogP contribution < -0.4 is 20.7 Å². The lowest BCUT2D eigenvalue weighted by molar-refractivity contribution is 0.585. The minimum atomic E-state index is -4.11. The number of aliphatic imine (C=N–C) groups is 1. The van der Waals surface area contributed by atoms with Gasteiger partial charge >= 0.3 is 0 Å². The third-order valence-corrected chi connectivity index (χ3v) is 7.39. The fourth-order valence-corrected chi connectivity index (χ4v) is 5.79. The molecule has 1 aromatic heterocycles. The quantitative estimate of drug-likeness (QED) is 0.529. The molecule has 0 aliphatic carbocycles. The Labute approximate surface area is 198 Å². The van der Waals surface area contributed by atoms with Crippen LogP contribution in [-0.2, 0) is 10.0 Å². The Kier molecular flexibility index (Phi) is 7.66. The number of anilines is 1. The SMILES string of the molecule is CN=C(C)/C(NS(=O)(=O)c1c(Cl)cc(-c2ccnc(N3CCNCC3)c2)cc1Cl)=C(/C)N. The predicted octanol–water partition coefficient (Wildman–Crippen LogP) is 3.02. The second-order valence-electron chi connectivity index (χ2n) is 7.38. The molecule has 0 spiro atoms. The summed E-state index contributed by atoms with van der Waals surface area (Å²) in [5.74, 6) is 0.845. The van der Waals surface area contributed by atoms with Crippen molar-refractivity contribution in [2.45, 2.75) is 18.7 Å². The fourth-order valence-electron chi connectivity index (χ4n) is 3.38. The molecule has 1 aliphatic rings. The zero-order valence-corrected chi connectivity index (χ0v) is 20.4. The van der Waals surface area contributed by atoms with Crippen LogP contribution in [0.5, 0.6) is 0 Å². The monoisotopic (exact) mass is 496 g/mol. The largest absolute Gasteiger partial charge is 0.401 e. The lowest BCUT2D eigenvalue weighted by Crippen LogP contribution is -2.43. The molecule has 1 saturated heterocycles. The molecule has 0 radical (unpaired) electrons. The molecular weight excluding hydrogens is 471 g/mol. The topological polar surface area (TPSA) is 113 Å².